The third kappa shape index (κ3) is 3.56. The highest BCUT2D eigenvalue weighted by atomic mass is 79.9. The van der Waals surface area contributed by atoms with Gasteiger partial charge in [-0.05, 0) is 36.2 Å². The van der Waals surface area contributed by atoms with Crippen molar-refractivity contribution in [3.63, 3.8) is 0 Å². The van der Waals surface area contributed by atoms with Crippen LogP contribution < -0.4 is 4.74 Å². The number of aromatic nitrogens is 1. The number of halogens is 1. The van der Waals surface area contributed by atoms with Gasteiger partial charge in [-0.25, -0.2) is 0 Å². The predicted octanol–water partition coefficient (Wildman–Crippen LogP) is 3.77. The third-order valence-corrected chi connectivity index (χ3v) is 3.01. The summed E-state index contributed by atoms with van der Waals surface area (Å²) < 4.78 is 6.80. The van der Waals surface area contributed by atoms with E-state index in [0.717, 1.165) is 22.2 Å². The maximum Gasteiger partial charge on any atom is 0.123 e. The van der Waals surface area contributed by atoms with Crippen LogP contribution in [0.5, 0.6) is 5.75 Å². The molecule has 0 fully saturated rings. The van der Waals surface area contributed by atoms with Crippen LogP contribution in [0.3, 0.4) is 0 Å². The first kappa shape index (κ1) is 12.1. The second-order valence-electron chi connectivity index (χ2n) is 3.87. The van der Waals surface area contributed by atoms with Gasteiger partial charge in [0.25, 0.3) is 0 Å². The molecule has 0 spiro atoms. The summed E-state index contributed by atoms with van der Waals surface area (Å²) in [6, 6.07) is 10.1. The number of hydrogen-bond donors (Lipinski definition) is 0. The summed E-state index contributed by atoms with van der Waals surface area (Å²) >= 11 is 3.44. The zero-order valence-corrected chi connectivity index (χ0v) is 11.3. The van der Waals surface area contributed by atoms with E-state index in [1.54, 1.807) is 6.20 Å². The molecule has 0 atom stereocenters. The van der Waals surface area contributed by atoms with Crippen molar-refractivity contribution >= 4 is 15.9 Å². The van der Waals surface area contributed by atoms with Gasteiger partial charge in [0, 0.05) is 23.3 Å². The zero-order chi connectivity index (χ0) is 12.1. The van der Waals surface area contributed by atoms with Crippen LogP contribution in [-0.4, -0.2) is 11.6 Å². The van der Waals surface area contributed by atoms with E-state index in [0.29, 0.717) is 6.61 Å². The van der Waals surface area contributed by atoms with Gasteiger partial charge in [0.1, 0.15) is 5.75 Å². The zero-order valence-electron chi connectivity index (χ0n) is 9.69. The standard InChI is InChI=1S/C14H14BrNO/c1-11-4-5-13(15)9-14(11)17-8-6-12-3-2-7-16-10-12/h2-5,7,9-10H,6,8H2,1H3. The normalized spacial score (nSPS) is 10.2. The predicted molar refractivity (Wildman–Crippen MR) is 72.3 cm³/mol. The lowest BCUT2D eigenvalue weighted by atomic mass is 10.2. The minimum absolute atomic E-state index is 0.670. The van der Waals surface area contributed by atoms with Crippen LogP contribution in [0, 0.1) is 6.92 Å². The maximum atomic E-state index is 5.76. The molecular weight excluding hydrogens is 278 g/mol. The second kappa shape index (κ2) is 5.82. The number of hydrogen-bond acceptors (Lipinski definition) is 2. The highest BCUT2D eigenvalue weighted by molar-refractivity contribution is 9.10. The molecule has 0 saturated carbocycles. The van der Waals surface area contributed by atoms with Crippen LogP contribution in [0.1, 0.15) is 11.1 Å². The average molecular weight is 292 g/mol. The van der Waals surface area contributed by atoms with Gasteiger partial charge in [0.05, 0.1) is 6.61 Å². The van der Waals surface area contributed by atoms with Crippen molar-refractivity contribution in [1.82, 2.24) is 4.98 Å². The Morgan fingerprint density at radius 3 is 2.94 bits per heavy atom. The first-order valence-corrected chi connectivity index (χ1v) is 6.33. The molecule has 3 heteroatoms. The number of nitrogens with zero attached hydrogens (tertiary/aromatic N) is 1. The van der Waals surface area contributed by atoms with Gasteiger partial charge in [-0.2, -0.15) is 0 Å². The molecule has 0 radical (unpaired) electrons. The van der Waals surface area contributed by atoms with Gasteiger partial charge < -0.3 is 4.74 Å². The monoisotopic (exact) mass is 291 g/mol. The Morgan fingerprint density at radius 2 is 2.18 bits per heavy atom. The molecule has 1 aromatic carbocycles. The van der Waals surface area contributed by atoms with E-state index in [2.05, 4.69) is 27.0 Å². The number of aryl methyl sites for hydroxylation is 1. The summed E-state index contributed by atoms with van der Waals surface area (Å²) in [5, 5.41) is 0. The Bertz CT molecular complexity index is 485. The van der Waals surface area contributed by atoms with E-state index in [-0.39, 0.29) is 0 Å². The van der Waals surface area contributed by atoms with Crippen molar-refractivity contribution < 1.29 is 4.74 Å². The summed E-state index contributed by atoms with van der Waals surface area (Å²) in [6.07, 6.45) is 4.53. The third-order valence-electron chi connectivity index (χ3n) is 2.52. The lowest BCUT2D eigenvalue weighted by molar-refractivity contribution is 0.319. The summed E-state index contributed by atoms with van der Waals surface area (Å²) in [6.45, 7) is 2.72. The molecule has 0 unspecified atom stereocenters. The first-order chi connectivity index (χ1) is 8.25. The minimum atomic E-state index is 0.670. The van der Waals surface area contributed by atoms with Gasteiger partial charge >= 0.3 is 0 Å². The van der Waals surface area contributed by atoms with Gasteiger partial charge in [-0.3, -0.25) is 4.98 Å². The van der Waals surface area contributed by atoms with Crippen LogP contribution in [0.2, 0.25) is 0 Å². The Kier molecular flexibility index (Phi) is 4.15. The Balaban J connectivity index is 1.92. The maximum absolute atomic E-state index is 5.76. The second-order valence-corrected chi connectivity index (χ2v) is 4.79. The summed E-state index contributed by atoms with van der Waals surface area (Å²) in [5.74, 6) is 0.934. The van der Waals surface area contributed by atoms with Gasteiger partial charge in [0.2, 0.25) is 0 Å². The van der Waals surface area contributed by atoms with Crippen LogP contribution in [0.4, 0.5) is 0 Å². The number of pyridine rings is 1. The van der Waals surface area contributed by atoms with Crippen molar-refractivity contribution in [3.05, 3.63) is 58.3 Å². The summed E-state index contributed by atoms with van der Waals surface area (Å²) in [7, 11) is 0. The summed E-state index contributed by atoms with van der Waals surface area (Å²) in [5.41, 5.74) is 2.35. The largest absolute Gasteiger partial charge is 0.493 e. The Labute approximate surface area is 110 Å². The quantitative estimate of drug-likeness (QED) is 0.855. The SMILES string of the molecule is Cc1ccc(Br)cc1OCCc1cccnc1. The van der Waals surface area contributed by atoms with Crippen LogP contribution in [-0.2, 0) is 6.42 Å². The Morgan fingerprint density at radius 1 is 1.29 bits per heavy atom. The van der Waals surface area contributed by atoms with Crippen molar-refractivity contribution in [2.75, 3.05) is 6.61 Å². The lowest BCUT2D eigenvalue weighted by Crippen LogP contribution is -2.02. The number of rotatable bonds is 4. The molecule has 0 aliphatic carbocycles. The molecule has 0 saturated heterocycles. The molecule has 0 aliphatic rings. The molecule has 0 N–H and O–H groups in total. The molecule has 2 aromatic rings. The number of ether oxygens (including phenoxy) is 1. The van der Waals surface area contributed by atoms with Gasteiger partial charge in [-0.1, -0.05) is 28.1 Å². The van der Waals surface area contributed by atoms with E-state index >= 15 is 0 Å². The smallest absolute Gasteiger partial charge is 0.123 e. The van der Waals surface area contributed by atoms with E-state index in [1.807, 2.05) is 37.4 Å². The summed E-state index contributed by atoms with van der Waals surface area (Å²) in [4.78, 5) is 4.08. The fourth-order valence-electron chi connectivity index (χ4n) is 1.55. The van der Waals surface area contributed by atoms with E-state index in [9.17, 15) is 0 Å². The molecule has 0 aliphatic heterocycles. The Hall–Kier alpha value is -1.35. The fraction of sp³-hybridized carbons (Fsp3) is 0.214. The molecule has 17 heavy (non-hydrogen) atoms. The van der Waals surface area contributed by atoms with E-state index in [1.165, 1.54) is 5.56 Å². The van der Waals surface area contributed by atoms with Crippen molar-refractivity contribution in [2.45, 2.75) is 13.3 Å². The van der Waals surface area contributed by atoms with Crippen molar-refractivity contribution in [1.29, 1.82) is 0 Å². The molecule has 0 amide bonds. The molecule has 0 bridgehead atoms. The molecular formula is C14H14BrNO. The molecule has 1 aromatic heterocycles. The topological polar surface area (TPSA) is 22.1 Å². The first-order valence-electron chi connectivity index (χ1n) is 5.53. The fourth-order valence-corrected chi connectivity index (χ4v) is 1.89. The van der Waals surface area contributed by atoms with Gasteiger partial charge in [0.15, 0.2) is 0 Å². The van der Waals surface area contributed by atoms with Gasteiger partial charge in [-0.15, -0.1) is 0 Å². The van der Waals surface area contributed by atoms with Crippen LogP contribution in [0.25, 0.3) is 0 Å². The molecule has 2 rings (SSSR count). The van der Waals surface area contributed by atoms with E-state index < -0.39 is 0 Å². The highest BCUT2D eigenvalue weighted by Gasteiger charge is 2.00. The molecule has 2 nitrogen and oxygen atoms in total. The number of benzene rings is 1. The van der Waals surface area contributed by atoms with Crippen LogP contribution in [0.15, 0.2) is 47.2 Å². The van der Waals surface area contributed by atoms with E-state index in [4.69, 9.17) is 4.74 Å². The van der Waals surface area contributed by atoms with Crippen LogP contribution >= 0.6 is 15.9 Å². The average Bonchev–Trinajstić information content (AvgIpc) is 2.35. The highest BCUT2D eigenvalue weighted by Crippen LogP contribution is 2.22. The minimum Gasteiger partial charge on any atom is -0.493 e. The van der Waals surface area contributed by atoms with Crippen molar-refractivity contribution in [2.24, 2.45) is 0 Å². The molecule has 1 heterocycles. The van der Waals surface area contributed by atoms with Crippen molar-refractivity contribution in [3.8, 4) is 5.75 Å². The molecule has 88 valence electrons. The lowest BCUT2D eigenvalue weighted by Gasteiger charge is -2.09.